The van der Waals surface area contributed by atoms with E-state index in [9.17, 15) is 25.8 Å². The van der Waals surface area contributed by atoms with Crippen molar-refractivity contribution < 1.29 is 35.0 Å². The molecule has 1 unspecified atom stereocenters. The molecule has 4 N–H and O–H groups in total. The Balaban J connectivity index is 0.000000263. The number of sulfone groups is 1. The number of pyridine rings is 1. The second-order valence-corrected chi connectivity index (χ2v) is 14.4. The number of hydrogen-bond donors (Lipinski definition) is 4. The topological polar surface area (TPSA) is 172 Å². The van der Waals surface area contributed by atoms with E-state index in [2.05, 4.69) is 19.5 Å². The Hall–Kier alpha value is -3.77. The van der Waals surface area contributed by atoms with Crippen LogP contribution in [0, 0.1) is 0 Å². The van der Waals surface area contributed by atoms with E-state index < -0.39 is 24.0 Å². The Bertz CT molecular complexity index is 1700. The predicted molar refractivity (Wildman–Crippen MR) is 155 cm³/mol. The zero-order chi connectivity index (χ0) is 30.2. The molecule has 0 aliphatic heterocycles. The molecule has 1 aromatic heterocycles. The van der Waals surface area contributed by atoms with Gasteiger partial charge in [0.25, 0.3) is 5.91 Å². The van der Waals surface area contributed by atoms with Crippen molar-refractivity contribution in [1.82, 2.24) is 4.98 Å². The molecule has 3 aromatic carbocycles. The van der Waals surface area contributed by atoms with Gasteiger partial charge in [-0.05, 0) is 54.6 Å². The number of para-hydroxylation sites is 1. The summed E-state index contributed by atoms with van der Waals surface area (Å²) in [7, 11) is -3.30. The van der Waals surface area contributed by atoms with Crippen LogP contribution in [0.2, 0.25) is 5.02 Å². The number of carbonyl (C=O) groups is 2. The maximum absolute atomic E-state index is 12.4. The first-order valence-electron chi connectivity index (χ1n) is 11.7. The minimum absolute atomic E-state index is 0.103. The van der Waals surface area contributed by atoms with E-state index in [1.54, 1.807) is 30.5 Å². The number of hydrogen-bond acceptors (Lipinski definition) is 8. The first-order chi connectivity index (χ1) is 19.3. The summed E-state index contributed by atoms with van der Waals surface area (Å²) in [5.74, 6) is -0.727. The van der Waals surface area contributed by atoms with Crippen molar-refractivity contribution >= 4 is 63.2 Å². The second-order valence-electron chi connectivity index (χ2n) is 8.46. The third kappa shape index (κ3) is 8.86. The molecule has 14 heteroatoms. The Kier molecular flexibility index (Phi) is 10.6. The summed E-state index contributed by atoms with van der Waals surface area (Å²) in [4.78, 5) is 27.6. The van der Waals surface area contributed by atoms with Crippen molar-refractivity contribution in [2.75, 3.05) is 16.9 Å². The molecular formula is C27H25AsClN3O8S. The molecule has 41 heavy (non-hydrogen) atoms. The number of halogens is 1. The van der Waals surface area contributed by atoms with Crippen LogP contribution < -0.4 is 15.0 Å². The van der Waals surface area contributed by atoms with Gasteiger partial charge in [0.2, 0.25) is 0 Å². The molecule has 2 amide bonds. The first kappa shape index (κ1) is 31.8. The zero-order valence-electron chi connectivity index (χ0n) is 21.7. The van der Waals surface area contributed by atoms with Crippen LogP contribution in [0.3, 0.4) is 0 Å². The monoisotopic (exact) mass is 661 g/mol. The molecule has 214 valence electrons. The summed E-state index contributed by atoms with van der Waals surface area (Å²) in [6.45, 7) is 1.27. The van der Waals surface area contributed by atoms with Crippen LogP contribution in [0.15, 0.2) is 96.0 Å². The van der Waals surface area contributed by atoms with Crippen molar-refractivity contribution in [3.05, 3.63) is 102 Å². The third-order valence-corrected chi connectivity index (χ3v) is 9.36. The van der Waals surface area contributed by atoms with Crippen LogP contribution in [0.5, 0.6) is 0 Å². The molecule has 4 rings (SSSR count). The number of benzene rings is 3. The summed E-state index contributed by atoms with van der Waals surface area (Å²) >= 11 is 1.31. The average molecular weight is 662 g/mol. The van der Waals surface area contributed by atoms with Crippen LogP contribution in [-0.4, -0.2) is 55.0 Å². The van der Waals surface area contributed by atoms with Gasteiger partial charge in [-0.2, -0.15) is 0 Å². The Morgan fingerprint density at radius 3 is 2.20 bits per heavy atom. The fourth-order valence-corrected chi connectivity index (χ4v) is 5.96. The van der Waals surface area contributed by atoms with Gasteiger partial charge in [-0.25, -0.2) is 8.42 Å². The van der Waals surface area contributed by atoms with Crippen molar-refractivity contribution in [3.63, 3.8) is 0 Å². The third-order valence-electron chi connectivity index (χ3n) is 5.34. The van der Waals surface area contributed by atoms with E-state index in [0.717, 1.165) is 6.26 Å². The van der Waals surface area contributed by atoms with Crippen molar-refractivity contribution in [2.45, 2.75) is 11.8 Å². The van der Waals surface area contributed by atoms with E-state index in [1.165, 1.54) is 49.4 Å². The van der Waals surface area contributed by atoms with Gasteiger partial charge in [0.1, 0.15) is 0 Å². The Morgan fingerprint density at radius 1 is 0.951 bits per heavy atom. The van der Waals surface area contributed by atoms with Gasteiger partial charge in [-0.15, -0.1) is 0 Å². The standard InChI is InChI=1S/C19H15ClN2O3S.C8H10AsNO5/c1-26(24,25)15-8-5-13(6-9-15)19(23)22-14-7-10-17(20)16(12-14)18-4-2-3-11-21-18;1-6(11)10-8-5-3-2-4-7(8)9(12,13)15-14/h2-12H,1H3,(H,22,23);2-5,14H,1H3,(H,10,11)(H,12,13). The number of anilines is 2. The first-order valence-corrected chi connectivity index (χ1v) is 17.3. The summed E-state index contributed by atoms with van der Waals surface area (Å²) < 4.78 is 47.1. The quantitative estimate of drug-likeness (QED) is 0.131. The number of nitrogens with one attached hydrogen (secondary N) is 2. The van der Waals surface area contributed by atoms with Crippen LogP contribution in [0.1, 0.15) is 17.3 Å². The number of carbonyl (C=O) groups excluding carboxylic acids is 2. The maximum Gasteiger partial charge on any atom is 0.255 e. The molecule has 1 atom stereocenters. The number of nitrogens with zero attached hydrogens (tertiary/aromatic N) is 1. The molecule has 0 fully saturated rings. The van der Waals surface area contributed by atoms with Crippen molar-refractivity contribution in [3.8, 4) is 11.3 Å². The van der Waals surface area contributed by atoms with E-state index in [0.29, 0.717) is 27.5 Å². The molecule has 0 aliphatic rings. The van der Waals surface area contributed by atoms with Crippen molar-refractivity contribution in [1.29, 1.82) is 0 Å². The van der Waals surface area contributed by atoms with Gasteiger partial charge in [-0.3, -0.25) is 9.78 Å². The van der Waals surface area contributed by atoms with Gasteiger partial charge in [0, 0.05) is 29.3 Å². The van der Waals surface area contributed by atoms with E-state index >= 15 is 0 Å². The summed E-state index contributed by atoms with van der Waals surface area (Å²) in [6.07, 6.45) is 2.79. The zero-order valence-corrected chi connectivity index (χ0v) is 25.1. The fourth-order valence-electron chi connectivity index (χ4n) is 3.44. The minimum atomic E-state index is -4.92. The van der Waals surface area contributed by atoms with Crippen molar-refractivity contribution in [2.24, 2.45) is 0 Å². The number of aromatic nitrogens is 1. The molecule has 1 heterocycles. The van der Waals surface area contributed by atoms with E-state index in [-0.39, 0.29) is 26.7 Å². The number of rotatable bonds is 7. The number of amides is 2. The van der Waals surface area contributed by atoms with Crippen LogP contribution >= 0.6 is 11.6 Å². The van der Waals surface area contributed by atoms with Gasteiger partial charge >= 0.3 is 88.4 Å². The van der Waals surface area contributed by atoms with Gasteiger partial charge in [0.05, 0.1) is 15.6 Å². The van der Waals surface area contributed by atoms with Gasteiger partial charge in [-0.1, -0.05) is 17.7 Å². The SMILES string of the molecule is CC(=O)Nc1ccccc1[As](=O)(O)OO.CS(=O)(=O)c1ccc(C(=O)Nc2ccc(Cl)c(-c3ccccn3)c2)cc1. The maximum atomic E-state index is 12.4. The molecular weight excluding hydrogens is 637 g/mol. The normalized spacial score (nSPS) is 12.3. The van der Waals surface area contributed by atoms with Crippen LogP contribution in [0.4, 0.5) is 11.4 Å². The summed E-state index contributed by atoms with van der Waals surface area (Å²) in [5.41, 5.74) is 2.48. The molecule has 0 radical (unpaired) electrons. The smallest absolute Gasteiger partial charge is 0.255 e. The molecule has 4 aromatic rings. The van der Waals surface area contributed by atoms with E-state index in [4.69, 9.17) is 16.9 Å². The Morgan fingerprint density at radius 2 is 1.61 bits per heavy atom. The van der Waals surface area contributed by atoms with E-state index in [1.807, 2.05) is 18.2 Å². The summed E-state index contributed by atoms with van der Waals surface area (Å²) in [5, 5.41) is 14.0. The van der Waals surface area contributed by atoms with Gasteiger partial charge < -0.3 is 5.32 Å². The fraction of sp³-hybridized carbons (Fsp3) is 0.0741. The molecule has 0 spiro atoms. The Labute approximate surface area is 244 Å². The molecule has 0 saturated carbocycles. The molecule has 0 bridgehead atoms. The summed E-state index contributed by atoms with van der Waals surface area (Å²) in [6, 6.07) is 22.2. The van der Waals surface area contributed by atoms with Crippen LogP contribution in [0.25, 0.3) is 11.3 Å². The minimum Gasteiger partial charge on any atom is -0.322 e. The average Bonchev–Trinajstić information content (AvgIpc) is 2.94. The second kappa shape index (κ2) is 13.7. The van der Waals surface area contributed by atoms with Crippen LogP contribution in [-0.2, 0) is 22.2 Å². The largest absolute Gasteiger partial charge is 0.322 e. The predicted octanol–water partition coefficient (Wildman–Crippen LogP) is 3.76. The molecule has 0 aliphatic carbocycles. The van der Waals surface area contributed by atoms with Gasteiger partial charge in [0.15, 0.2) is 9.84 Å². The molecule has 0 saturated heterocycles. The molecule has 11 nitrogen and oxygen atoms in total.